The zero-order valence-corrected chi connectivity index (χ0v) is 11.9. The van der Waals surface area contributed by atoms with Gasteiger partial charge in [-0.3, -0.25) is 0 Å². The third-order valence-corrected chi connectivity index (χ3v) is 2.50. The Morgan fingerprint density at radius 2 is 1.74 bits per heavy atom. The lowest BCUT2D eigenvalue weighted by Gasteiger charge is -2.08. The third kappa shape index (κ3) is 5.00. The second-order valence-electron chi connectivity index (χ2n) is 4.88. The maximum atomic E-state index is 12.0. The number of carbonyl (C=O) groups is 1. The molecule has 0 amide bonds. The van der Waals surface area contributed by atoms with Gasteiger partial charge in [0.15, 0.2) is 0 Å². The highest BCUT2D eigenvalue weighted by molar-refractivity contribution is 5.92. The molecule has 0 saturated carbocycles. The van der Waals surface area contributed by atoms with Crippen LogP contribution in [-0.2, 0) is 16.1 Å². The number of hydrogen-bond donors (Lipinski definition) is 1. The standard InChI is InChI=1S/C16H20O3/c1-11(2)9-15(12(3)4)16(18)19-10-13-5-7-14(17)8-6-13/h5-9,17H,10H2,1-4H3. The lowest BCUT2D eigenvalue weighted by molar-refractivity contribution is -0.139. The van der Waals surface area contributed by atoms with E-state index in [4.69, 9.17) is 4.74 Å². The maximum Gasteiger partial charge on any atom is 0.338 e. The summed E-state index contributed by atoms with van der Waals surface area (Å²) in [6.07, 6.45) is 1.83. The molecule has 0 bridgehead atoms. The van der Waals surface area contributed by atoms with Gasteiger partial charge in [-0.05, 0) is 51.5 Å². The van der Waals surface area contributed by atoms with Gasteiger partial charge in [0.2, 0.25) is 0 Å². The Labute approximate surface area is 114 Å². The van der Waals surface area contributed by atoms with Crippen LogP contribution >= 0.6 is 0 Å². The monoisotopic (exact) mass is 260 g/mol. The van der Waals surface area contributed by atoms with Gasteiger partial charge in [-0.2, -0.15) is 0 Å². The number of rotatable bonds is 4. The number of phenols is 1. The SMILES string of the molecule is CC(C)=CC(C(=O)OCc1ccc(O)cc1)=C(C)C. The van der Waals surface area contributed by atoms with Crippen molar-refractivity contribution in [2.24, 2.45) is 0 Å². The molecule has 0 aliphatic heterocycles. The average Bonchev–Trinajstić information content (AvgIpc) is 2.34. The van der Waals surface area contributed by atoms with E-state index in [1.807, 2.05) is 33.8 Å². The third-order valence-electron chi connectivity index (χ3n) is 2.50. The summed E-state index contributed by atoms with van der Waals surface area (Å²) in [6, 6.07) is 6.60. The van der Waals surface area contributed by atoms with Crippen molar-refractivity contribution in [2.75, 3.05) is 0 Å². The fourth-order valence-electron chi connectivity index (χ4n) is 1.51. The first-order chi connectivity index (χ1) is 8.90. The highest BCUT2D eigenvalue weighted by Crippen LogP contribution is 2.14. The lowest BCUT2D eigenvalue weighted by Crippen LogP contribution is -2.08. The molecule has 19 heavy (non-hydrogen) atoms. The van der Waals surface area contributed by atoms with E-state index in [0.29, 0.717) is 5.57 Å². The Hall–Kier alpha value is -2.03. The second-order valence-corrected chi connectivity index (χ2v) is 4.88. The fraction of sp³-hybridized carbons (Fsp3) is 0.312. The highest BCUT2D eigenvalue weighted by atomic mass is 16.5. The molecule has 0 saturated heterocycles. The predicted octanol–water partition coefficient (Wildman–Crippen LogP) is 3.74. The average molecular weight is 260 g/mol. The van der Waals surface area contributed by atoms with E-state index in [-0.39, 0.29) is 18.3 Å². The summed E-state index contributed by atoms with van der Waals surface area (Å²) in [5.74, 6) is -0.126. The summed E-state index contributed by atoms with van der Waals surface area (Å²) >= 11 is 0. The zero-order valence-electron chi connectivity index (χ0n) is 11.9. The van der Waals surface area contributed by atoms with Crippen molar-refractivity contribution in [2.45, 2.75) is 34.3 Å². The van der Waals surface area contributed by atoms with Crippen molar-refractivity contribution in [3.8, 4) is 5.75 Å². The van der Waals surface area contributed by atoms with Gasteiger partial charge in [-0.1, -0.05) is 23.3 Å². The van der Waals surface area contributed by atoms with Gasteiger partial charge in [0.1, 0.15) is 12.4 Å². The van der Waals surface area contributed by atoms with Gasteiger partial charge in [0.25, 0.3) is 0 Å². The highest BCUT2D eigenvalue weighted by Gasteiger charge is 2.10. The Kier molecular flexibility index (Phi) is 5.37. The number of phenolic OH excluding ortho intramolecular Hbond substituents is 1. The van der Waals surface area contributed by atoms with Crippen molar-refractivity contribution < 1.29 is 14.6 Å². The van der Waals surface area contributed by atoms with E-state index in [1.54, 1.807) is 24.3 Å². The summed E-state index contributed by atoms with van der Waals surface area (Å²) in [6.45, 7) is 7.85. The zero-order chi connectivity index (χ0) is 14.4. The number of hydrogen-bond acceptors (Lipinski definition) is 3. The molecule has 0 atom stereocenters. The molecule has 1 aromatic carbocycles. The fourth-order valence-corrected chi connectivity index (χ4v) is 1.51. The summed E-state index contributed by atoms with van der Waals surface area (Å²) in [4.78, 5) is 12.0. The Bertz CT molecular complexity index is 499. The minimum atomic E-state index is -0.325. The van der Waals surface area contributed by atoms with E-state index in [9.17, 15) is 9.90 Å². The second kappa shape index (κ2) is 6.78. The van der Waals surface area contributed by atoms with Crippen LogP contribution in [0.15, 0.2) is 47.1 Å². The molecule has 0 aliphatic rings. The van der Waals surface area contributed by atoms with E-state index >= 15 is 0 Å². The number of carbonyl (C=O) groups excluding carboxylic acids is 1. The molecule has 0 aliphatic carbocycles. The molecule has 0 spiro atoms. The number of esters is 1. The van der Waals surface area contributed by atoms with Crippen LogP contribution < -0.4 is 0 Å². The number of aromatic hydroxyl groups is 1. The summed E-state index contributed by atoms with van der Waals surface area (Å²) in [7, 11) is 0. The predicted molar refractivity (Wildman–Crippen MR) is 75.7 cm³/mol. The molecule has 0 radical (unpaired) electrons. The van der Waals surface area contributed by atoms with Crippen LogP contribution in [0.1, 0.15) is 33.3 Å². The van der Waals surface area contributed by atoms with Crippen LogP contribution in [0.5, 0.6) is 5.75 Å². The van der Waals surface area contributed by atoms with Crippen molar-refractivity contribution in [3.05, 3.63) is 52.6 Å². The van der Waals surface area contributed by atoms with Crippen LogP contribution in [0.25, 0.3) is 0 Å². The molecule has 3 heteroatoms. The van der Waals surface area contributed by atoms with E-state index in [1.165, 1.54) is 0 Å². The van der Waals surface area contributed by atoms with E-state index in [0.717, 1.165) is 16.7 Å². The molecule has 1 rings (SSSR count). The normalized spacial score (nSPS) is 9.68. The minimum Gasteiger partial charge on any atom is -0.508 e. The minimum absolute atomic E-state index is 0.199. The molecule has 3 nitrogen and oxygen atoms in total. The van der Waals surface area contributed by atoms with Crippen molar-refractivity contribution >= 4 is 5.97 Å². The summed E-state index contributed by atoms with van der Waals surface area (Å²) in [5.41, 5.74) is 3.42. The molecule has 1 N–H and O–H groups in total. The van der Waals surface area contributed by atoms with Gasteiger partial charge in [-0.25, -0.2) is 4.79 Å². The van der Waals surface area contributed by atoms with Gasteiger partial charge >= 0.3 is 5.97 Å². The first kappa shape index (κ1) is 15.0. The van der Waals surface area contributed by atoms with Crippen molar-refractivity contribution in [1.29, 1.82) is 0 Å². The van der Waals surface area contributed by atoms with Crippen LogP contribution in [0, 0.1) is 0 Å². The van der Waals surface area contributed by atoms with Crippen LogP contribution in [0.4, 0.5) is 0 Å². The van der Waals surface area contributed by atoms with E-state index < -0.39 is 0 Å². The number of ether oxygens (including phenoxy) is 1. The Morgan fingerprint density at radius 3 is 2.21 bits per heavy atom. The van der Waals surface area contributed by atoms with Gasteiger partial charge in [0, 0.05) is 0 Å². The maximum absolute atomic E-state index is 12.0. The van der Waals surface area contributed by atoms with E-state index in [2.05, 4.69) is 0 Å². The number of benzene rings is 1. The molecule has 102 valence electrons. The largest absolute Gasteiger partial charge is 0.508 e. The lowest BCUT2D eigenvalue weighted by atomic mass is 10.1. The topological polar surface area (TPSA) is 46.5 Å². The smallest absolute Gasteiger partial charge is 0.338 e. The first-order valence-corrected chi connectivity index (χ1v) is 6.17. The van der Waals surface area contributed by atoms with Gasteiger partial charge in [0.05, 0.1) is 5.57 Å². The molecule has 0 fully saturated rings. The van der Waals surface area contributed by atoms with Crippen LogP contribution in [0.3, 0.4) is 0 Å². The van der Waals surface area contributed by atoms with Crippen molar-refractivity contribution in [3.63, 3.8) is 0 Å². The van der Waals surface area contributed by atoms with Crippen LogP contribution in [0.2, 0.25) is 0 Å². The van der Waals surface area contributed by atoms with Crippen molar-refractivity contribution in [1.82, 2.24) is 0 Å². The molecular weight excluding hydrogens is 240 g/mol. The molecule has 0 aromatic heterocycles. The molecule has 1 aromatic rings. The van der Waals surface area contributed by atoms with Gasteiger partial charge in [-0.15, -0.1) is 0 Å². The number of allylic oxidation sites excluding steroid dienone is 2. The van der Waals surface area contributed by atoms with Gasteiger partial charge < -0.3 is 9.84 Å². The quantitative estimate of drug-likeness (QED) is 0.509. The summed E-state index contributed by atoms with van der Waals surface area (Å²) < 4.78 is 5.27. The Balaban J connectivity index is 2.71. The molecule has 0 heterocycles. The first-order valence-electron chi connectivity index (χ1n) is 6.17. The summed E-state index contributed by atoms with van der Waals surface area (Å²) in [5, 5.41) is 9.17. The molecule has 0 unspecified atom stereocenters. The van der Waals surface area contributed by atoms with Crippen LogP contribution in [-0.4, -0.2) is 11.1 Å². The molecular formula is C16H20O3. The Morgan fingerprint density at radius 1 is 1.16 bits per heavy atom.